The van der Waals surface area contributed by atoms with Gasteiger partial charge in [-0.25, -0.2) is 13.8 Å². The molecule has 0 amide bonds. The molecule has 5 heteroatoms. The van der Waals surface area contributed by atoms with Crippen molar-refractivity contribution in [3.63, 3.8) is 0 Å². The largest absolute Gasteiger partial charge is 0.324 e. The van der Waals surface area contributed by atoms with Gasteiger partial charge >= 0.3 is 0 Å². The van der Waals surface area contributed by atoms with Gasteiger partial charge in [-0.05, 0) is 30.3 Å². The van der Waals surface area contributed by atoms with E-state index < -0.39 is 11.6 Å². The Hall–Kier alpha value is -2.27. The van der Waals surface area contributed by atoms with Crippen LogP contribution >= 0.6 is 0 Å². The molecule has 0 radical (unpaired) electrons. The van der Waals surface area contributed by atoms with Gasteiger partial charge in [-0.1, -0.05) is 6.07 Å². The molecule has 0 bridgehead atoms. The molecule has 96 valence electrons. The minimum absolute atomic E-state index is 0.273. The van der Waals surface area contributed by atoms with Gasteiger partial charge in [0.2, 0.25) is 0 Å². The van der Waals surface area contributed by atoms with Gasteiger partial charge in [0.25, 0.3) is 0 Å². The molecule has 1 aromatic carbocycles. The van der Waals surface area contributed by atoms with Crippen LogP contribution in [0.3, 0.4) is 0 Å². The Balaban J connectivity index is 2.29. The van der Waals surface area contributed by atoms with Crippen molar-refractivity contribution >= 4 is 5.52 Å². The summed E-state index contributed by atoms with van der Waals surface area (Å²) in [4.78, 5) is 4.21. The first-order valence-corrected chi connectivity index (χ1v) is 5.81. The number of nitrogens with zero attached hydrogens (tertiary/aromatic N) is 2. The Morgan fingerprint density at radius 1 is 1.11 bits per heavy atom. The Labute approximate surface area is 108 Å². The van der Waals surface area contributed by atoms with Crippen LogP contribution in [0.1, 0.15) is 5.82 Å². The number of imidazole rings is 1. The normalized spacial score (nSPS) is 11.1. The molecule has 0 aliphatic heterocycles. The van der Waals surface area contributed by atoms with E-state index >= 15 is 0 Å². The van der Waals surface area contributed by atoms with E-state index in [-0.39, 0.29) is 6.54 Å². The third-order valence-corrected chi connectivity index (χ3v) is 3.02. The van der Waals surface area contributed by atoms with Crippen LogP contribution in [0, 0.1) is 11.6 Å². The summed E-state index contributed by atoms with van der Waals surface area (Å²) in [5, 5.41) is 0. The maximum atomic E-state index is 13.3. The van der Waals surface area contributed by atoms with E-state index in [9.17, 15) is 8.78 Å². The van der Waals surface area contributed by atoms with Crippen molar-refractivity contribution in [3.05, 3.63) is 60.1 Å². The van der Waals surface area contributed by atoms with Gasteiger partial charge in [0.05, 0.1) is 24.0 Å². The summed E-state index contributed by atoms with van der Waals surface area (Å²) < 4.78 is 28.2. The van der Waals surface area contributed by atoms with E-state index in [2.05, 4.69) is 4.98 Å². The van der Waals surface area contributed by atoms with Crippen LogP contribution in [-0.2, 0) is 6.54 Å². The van der Waals surface area contributed by atoms with Crippen molar-refractivity contribution in [1.29, 1.82) is 0 Å². The molecule has 3 aromatic rings. The van der Waals surface area contributed by atoms with Gasteiger partial charge in [-0.2, -0.15) is 0 Å². The number of rotatable bonds is 2. The summed E-state index contributed by atoms with van der Waals surface area (Å²) in [6.45, 7) is 0.273. The third kappa shape index (κ3) is 1.88. The Morgan fingerprint density at radius 3 is 2.68 bits per heavy atom. The molecule has 19 heavy (non-hydrogen) atoms. The van der Waals surface area contributed by atoms with Crippen molar-refractivity contribution < 1.29 is 8.78 Å². The smallest absolute Gasteiger partial charge is 0.159 e. The molecule has 0 spiro atoms. The molecule has 0 atom stereocenters. The highest BCUT2D eigenvalue weighted by Gasteiger charge is 2.10. The predicted molar refractivity (Wildman–Crippen MR) is 68.4 cm³/mol. The van der Waals surface area contributed by atoms with E-state index in [0.29, 0.717) is 11.4 Å². The van der Waals surface area contributed by atoms with Crippen LogP contribution in [0.5, 0.6) is 0 Å². The molecule has 3 rings (SSSR count). The molecule has 0 fully saturated rings. The lowest BCUT2D eigenvalue weighted by Crippen LogP contribution is -2.04. The fraction of sp³-hybridized carbons (Fsp3) is 0.0714. The monoisotopic (exact) mass is 259 g/mol. The summed E-state index contributed by atoms with van der Waals surface area (Å²) >= 11 is 0. The number of aromatic nitrogens is 2. The number of hydrogen-bond donors (Lipinski definition) is 1. The van der Waals surface area contributed by atoms with E-state index in [1.807, 2.05) is 22.6 Å². The molecular weight excluding hydrogens is 248 g/mol. The summed E-state index contributed by atoms with van der Waals surface area (Å²) in [5.41, 5.74) is 7.82. The van der Waals surface area contributed by atoms with Crippen LogP contribution in [0.2, 0.25) is 0 Å². The third-order valence-electron chi connectivity index (χ3n) is 3.02. The van der Waals surface area contributed by atoms with E-state index in [4.69, 9.17) is 5.73 Å². The zero-order valence-corrected chi connectivity index (χ0v) is 9.98. The van der Waals surface area contributed by atoms with Gasteiger partial charge in [0.1, 0.15) is 5.82 Å². The molecule has 3 nitrogen and oxygen atoms in total. The molecule has 2 aromatic heterocycles. The quantitative estimate of drug-likeness (QED) is 0.769. The molecule has 0 saturated carbocycles. The van der Waals surface area contributed by atoms with Gasteiger partial charge in [0, 0.05) is 5.56 Å². The summed E-state index contributed by atoms with van der Waals surface area (Å²) in [6.07, 6.45) is 1.70. The second-order valence-electron chi connectivity index (χ2n) is 4.18. The zero-order chi connectivity index (χ0) is 13.4. The first-order valence-electron chi connectivity index (χ1n) is 5.81. The van der Waals surface area contributed by atoms with Crippen LogP contribution in [-0.4, -0.2) is 9.38 Å². The summed E-state index contributed by atoms with van der Waals surface area (Å²) in [6, 6.07) is 9.37. The van der Waals surface area contributed by atoms with Crippen LogP contribution in [0.25, 0.3) is 16.8 Å². The second-order valence-corrected chi connectivity index (χ2v) is 4.18. The van der Waals surface area contributed by atoms with Crippen LogP contribution in [0.4, 0.5) is 8.78 Å². The average Bonchev–Trinajstić information content (AvgIpc) is 2.85. The summed E-state index contributed by atoms with van der Waals surface area (Å²) in [7, 11) is 0. The van der Waals surface area contributed by atoms with E-state index in [1.54, 1.807) is 6.20 Å². The number of benzene rings is 1. The maximum absolute atomic E-state index is 13.3. The highest BCUT2D eigenvalue weighted by atomic mass is 19.2. The minimum Gasteiger partial charge on any atom is -0.324 e. The van der Waals surface area contributed by atoms with Crippen LogP contribution < -0.4 is 5.73 Å². The number of pyridine rings is 1. The molecule has 0 saturated heterocycles. The van der Waals surface area contributed by atoms with Crippen molar-refractivity contribution in [2.75, 3.05) is 0 Å². The molecule has 0 unspecified atom stereocenters. The molecule has 0 aliphatic carbocycles. The first kappa shape index (κ1) is 11.8. The molecule has 0 aliphatic rings. The predicted octanol–water partition coefficient (Wildman–Crippen LogP) is 2.74. The SMILES string of the molecule is NCc1ncc2cccc(-c3ccc(F)c(F)c3)n12. The lowest BCUT2D eigenvalue weighted by molar-refractivity contribution is 0.509. The van der Waals surface area contributed by atoms with E-state index in [1.165, 1.54) is 12.1 Å². The van der Waals surface area contributed by atoms with E-state index in [0.717, 1.165) is 17.3 Å². The highest BCUT2D eigenvalue weighted by Crippen LogP contribution is 2.24. The lowest BCUT2D eigenvalue weighted by atomic mass is 10.1. The minimum atomic E-state index is -0.871. The van der Waals surface area contributed by atoms with Gasteiger partial charge in [-0.15, -0.1) is 0 Å². The molecule has 2 heterocycles. The van der Waals surface area contributed by atoms with Crippen molar-refractivity contribution in [2.24, 2.45) is 5.73 Å². The molecular formula is C14H11F2N3. The average molecular weight is 259 g/mol. The topological polar surface area (TPSA) is 43.3 Å². The number of nitrogens with two attached hydrogens (primary N) is 1. The fourth-order valence-electron chi connectivity index (χ4n) is 2.14. The van der Waals surface area contributed by atoms with Gasteiger partial charge < -0.3 is 5.73 Å². The second kappa shape index (κ2) is 4.44. The zero-order valence-electron chi connectivity index (χ0n) is 9.98. The lowest BCUT2D eigenvalue weighted by Gasteiger charge is -2.08. The van der Waals surface area contributed by atoms with Crippen molar-refractivity contribution in [3.8, 4) is 11.3 Å². The fourth-order valence-corrected chi connectivity index (χ4v) is 2.14. The number of hydrogen-bond acceptors (Lipinski definition) is 2. The van der Waals surface area contributed by atoms with Crippen molar-refractivity contribution in [2.45, 2.75) is 6.54 Å². The Bertz CT molecular complexity index is 750. The Kier molecular flexibility index (Phi) is 2.76. The molecule has 2 N–H and O–H groups in total. The van der Waals surface area contributed by atoms with Crippen LogP contribution in [0.15, 0.2) is 42.6 Å². The van der Waals surface area contributed by atoms with Crippen molar-refractivity contribution in [1.82, 2.24) is 9.38 Å². The maximum Gasteiger partial charge on any atom is 0.159 e. The number of fused-ring (bicyclic) bond motifs is 1. The number of halogens is 2. The first-order chi connectivity index (χ1) is 9.20. The summed E-state index contributed by atoms with van der Waals surface area (Å²) in [5.74, 6) is -1.06. The van der Waals surface area contributed by atoms with Gasteiger partial charge in [0.15, 0.2) is 11.6 Å². The highest BCUT2D eigenvalue weighted by molar-refractivity contribution is 5.65. The standard InChI is InChI=1S/C14H11F2N3/c15-11-5-4-9(6-12(11)16)13-3-1-2-10-8-18-14(7-17)19(10)13/h1-6,8H,7,17H2. The van der Waals surface area contributed by atoms with Gasteiger partial charge in [-0.3, -0.25) is 4.40 Å². The Morgan fingerprint density at radius 2 is 1.95 bits per heavy atom.